The van der Waals surface area contributed by atoms with E-state index in [2.05, 4.69) is 16.0 Å². The number of nitriles is 2. The van der Waals surface area contributed by atoms with Gasteiger partial charge in [-0.2, -0.15) is 10.5 Å². The van der Waals surface area contributed by atoms with Gasteiger partial charge in [0.15, 0.2) is 0 Å². The number of nitrogens with two attached hydrogens (primary N) is 1. The third-order valence-corrected chi connectivity index (χ3v) is 5.96. The fraction of sp³-hybridized carbons (Fsp3) is 0.292. The molecule has 1 amide bonds. The number of carbonyl (C=O) groups is 1. The minimum absolute atomic E-state index is 0.0827. The van der Waals surface area contributed by atoms with Crippen molar-refractivity contribution >= 4 is 22.6 Å². The predicted octanol–water partition coefficient (Wildman–Crippen LogP) is 3.87. The number of nitrogens with zero attached hydrogens (tertiary/aromatic N) is 5. The van der Waals surface area contributed by atoms with E-state index in [4.69, 9.17) is 11.0 Å². The van der Waals surface area contributed by atoms with E-state index in [0.29, 0.717) is 40.8 Å². The molecule has 160 valence electrons. The summed E-state index contributed by atoms with van der Waals surface area (Å²) in [5.74, 6) is -1.21. The number of benzene rings is 1. The van der Waals surface area contributed by atoms with Crippen LogP contribution in [0.4, 0.5) is 10.2 Å². The third-order valence-electron chi connectivity index (χ3n) is 5.96. The molecule has 32 heavy (non-hydrogen) atoms. The highest BCUT2D eigenvalue weighted by molar-refractivity contribution is 5.98. The molecule has 2 atom stereocenters. The molecule has 0 unspecified atom stereocenters. The number of aryl methyl sites for hydroxylation is 1. The highest BCUT2D eigenvalue weighted by Gasteiger charge is 2.36. The van der Waals surface area contributed by atoms with E-state index in [1.807, 2.05) is 6.07 Å². The van der Waals surface area contributed by atoms with Gasteiger partial charge in [-0.25, -0.2) is 9.37 Å². The molecule has 0 bridgehead atoms. The summed E-state index contributed by atoms with van der Waals surface area (Å²) in [6.07, 6.45) is 3.60. The number of carbonyl (C=O) groups excluding carboxylic acids is 1. The first kappa shape index (κ1) is 21.2. The van der Waals surface area contributed by atoms with Gasteiger partial charge in [0, 0.05) is 23.7 Å². The van der Waals surface area contributed by atoms with Crippen molar-refractivity contribution in [1.82, 2.24) is 14.9 Å². The number of rotatable bonds is 4. The summed E-state index contributed by atoms with van der Waals surface area (Å²) in [5.41, 5.74) is 7.83. The number of anilines is 1. The minimum atomic E-state index is -0.692. The van der Waals surface area contributed by atoms with Crippen LogP contribution in [0.25, 0.3) is 10.9 Å². The molecule has 0 saturated heterocycles. The first-order valence-electron chi connectivity index (χ1n) is 10.3. The van der Waals surface area contributed by atoms with E-state index in [9.17, 15) is 10.1 Å². The van der Waals surface area contributed by atoms with Gasteiger partial charge in [0.1, 0.15) is 17.7 Å². The standard InChI is InChI=1S/C24H21FN6O/c1-14-7-17-8-19(20(25)9-21(17)30-23(14)28)24(32)31(22-4-2-3-16(22)11-27)13-18-6-5-15(10-26)12-29-18/h5-9,12,16,22H,2-4,13H2,1H3,(H2,28,30)/t16-,22+/m1/s1. The molecule has 0 radical (unpaired) electrons. The van der Waals surface area contributed by atoms with Crippen LogP contribution in [0, 0.1) is 41.3 Å². The second kappa shape index (κ2) is 8.60. The van der Waals surface area contributed by atoms with Crippen molar-refractivity contribution in [1.29, 1.82) is 10.5 Å². The Labute approximate surface area is 184 Å². The van der Waals surface area contributed by atoms with E-state index < -0.39 is 11.7 Å². The molecule has 1 fully saturated rings. The van der Waals surface area contributed by atoms with E-state index in [1.54, 1.807) is 25.1 Å². The van der Waals surface area contributed by atoms with Gasteiger partial charge in [-0.1, -0.05) is 0 Å². The van der Waals surface area contributed by atoms with Crippen LogP contribution in [0.2, 0.25) is 0 Å². The summed E-state index contributed by atoms with van der Waals surface area (Å²) in [5, 5.41) is 19.2. The van der Waals surface area contributed by atoms with Crippen LogP contribution in [0.15, 0.2) is 36.5 Å². The Morgan fingerprint density at radius 2 is 2.09 bits per heavy atom. The fourth-order valence-electron chi connectivity index (χ4n) is 4.20. The Morgan fingerprint density at radius 3 is 2.78 bits per heavy atom. The van der Waals surface area contributed by atoms with Crippen LogP contribution in [0.1, 0.15) is 46.4 Å². The maximum Gasteiger partial charge on any atom is 0.257 e. The number of hydrogen-bond donors (Lipinski definition) is 1. The average Bonchev–Trinajstić information content (AvgIpc) is 3.27. The Balaban J connectivity index is 1.75. The number of hydrogen-bond acceptors (Lipinski definition) is 6. The number of fused-ring (bicyclic) bond motifs is 1. The van der Waals surface area contributed by atoms with Crippen molar-refractivity contribution < 1.29 is 9.18 Å². The van der Waals surface area contributed by atoms with Crippen molar-refractivity contribution in [3.63, 3.8) is 0 Å². The minimum Gasteiger partial charge on any atom is -0.383 e. The second-order valence-electron chi connectivity index (χ2n) is 8.03. The molecule has 2 aromatic heterocycles. The Kier molecular flexibility index (Phi) is 5.70. The first-order valence-corrected chi connectivity index (χ1v) is 10.3. The molecule has 1 aliphatic rings. The number of nitrogen functional groups attached to an aromatic ring is 1. The topological polar surface area (TPSA) is 120 Å². The number of halogens is 1. The van der Waals surface area contributed by atoms with Crippen LogP contribution >= 0.6 is 0 Å². The summed E-state index contributed by atoms with van der Waals surface area (Å²) >= 11 is 0. The molecule has 1 aliphatic carbocycles. The predicted molar refractivity (Wildman–Crippen MR) is 116 cm³/mol. The van der Waals surface area contributed by atoms with E-state index in [-0.39, 0.29) is 24.1 Å². The monoisotopic (exact) mass is 428 g/mol. The summed E-state index contributed by atoms with van der Waals surface area (Å²) in [4.78, 5) is 23.6. The second-order valence-corrected chi connectivity index (χ2v) is 8.03. The van der Waals surface area contributed by atoms with E-state index in [0.717, 1.165) is 12.0 Å². The van der Waals surface area contributed by atoms with Crippen molar-refractivity contribution in [2.24, 2.45) is 5.92 Å². The van der Waals surface area contributed by atoms with E-state index >= 15 is 4.39 Å². The highest BCUT2D eigenvalue weighted by Crippen LogP contribution is 2.32. The Bertz CT molecular complexity index is 1270. The summed E-state index contributed by atoms with van der Waals surface area (Å²) < 4.78 is 15.0. The third kappa shape index (κ3) is 3.95. The van der Waals surface area contributed by atoms with Gasteiger partial charge in [-0.05, 0) is 56.0 Å². The van der Waals surface area contributed by atoms with Crippen molar-refractivity contribution in [2.75, 3.05) is 5.73 Å². The molecular formula is C24H21FN6O. The van der Waals surface area contributed by atoms with Gasteiger partial charge in [0.2, 0.25) is 0 Å². The van der Waals surface area contributed by atoms with Gasteiger partial charge in [0.05, 0.1) is 40.9 Å². The quantitative estimate of drug-likeness (QED) is 0.674. The summed E-state index contributed by atoms with van der Waals surface area (Å²) in [6.45, 7) is 1.91. The average molecular weight is 428 g/mol. The molecule has 0 spiro atoms. The molecule has 1 aromatic carbocycles. The van der Waals surface area contributed by atoms with Gasteiger partial charge < -0.3 is 10.6 Å². The van der Waals surface area contributed by atoms with Crippen molar-refractivity contribution in [3.8, 4) is 12.1 Å². The number of amides is 1. The Morgan fingerprint density at radius 1 is 1.28 bits per heavy atom. The molecule has 2 heterocycles. The zero-order valence-corrected chi connectivity index (χ0v) is 17.5. The largest absolute Gasteiger partial charge is 0.383 e. The van der Waals surface area contributed by atoms with Gasteiger partial charge >= 0.3 is 0 Å². The van der Waals surface area contributed by atoms with Gasteiger partial charge in [-0.3, -0.25) is 9.78 Å². The zero-order chi connectivity index (χ0) is 22.8. The lowest BCUT2D eigenvalue weighted by Gasteiger charge is -2.31. The molecule has 0 aliphatic heterocycles. The lowest BCUT2D eigenvalue weighted by atomic mass is 10.0. The van der Waals surface area contributed by atoms with Crippen LogP contribution in [-0.2, 0) is 6.54 Å². The van der Waals surface area contributed by atoms with Crippen LogP contribution in [0.5, 0.6) is 0 Å². The normalized spacial score (nSPS) is 17.6. The summed E-state index contributed by atoms with van der Waals surface area (Å²) in [7, 11) is 0. The lowest BCUT2D eigenvalue weighted by Crippen LogP contribution is -2.42. The van der Waals surface area contributed by atoms with Crippen LogP contribution < -0.4 is 5.73 Å². The fourth-order valence-corrected chi connectivity index (χ4v) is 4.20. The number of aromatic nitrogens is 2. The number of pyridine rings is 2. The molecule has 3 aromatic rings. The molecule has 2 N–H and O–H groups in total. The van der Waals surface area contributed by atoms with Gasteiger partial charge in [-0.15, -0.1) is 0 Å². The summed E-state index contributed by atoms with van der Waals surface area (Å²) in [6, 6.07) is 11.7. The van der Waals surface area contributed by atoms with E-state index in [1.165, 1.54) is 23.2 Å². The SMILES string of the molecule is Cc1cc2cc(C(=O)N(Cc3ccc(C#N)cn3)[C@H]3CCC[C@@H]3C#N)c(F)cc2nc1N. The molecule has 1 saturated carbocycles. The van der Waals surface area contributed by atoms with Crippen molar-refractivity contribution in [2.45, 2.75) is 38.8 Å². The van der Waals surface area contributed by atoms with Gasteiger partial charge in [0.25, 0.3) is 5.91 Å². The molecule has 7 nitrogen and oxygen atoms in total. The smallest absolute Gasteiger partial charge is 0.257 e. The maximum atomic E-state index is 15.0. The zero-order valence-electron chi connectivity index (χ0n) is 17.5. The highest BCUT2D eigenvalue weighted by atomic mass is 19.1. The maximum absolute atomic E-state index is 15.0. The molecule has 8 heteroatoms. The molecule has 4 rings (SSSR count). The molecular weight excluding hydrogens is 407 g/mol. The van der Waals surface area contributed by atoms with Crippen molar-refractivity contribution in [3.05, 3.63) is 64.7 Å². The first-order chi connectivity index (χ1) is 15.4. The van der Waals surface area contributed by atoms with Crippen LogP contribution in [-0.4, -0.2) is 26.8 Å². The Hall–Kier alpha value is -4.04. The van der Waals surface area contributed by atoms with Crippen LogP contribution in [0.3, 0.4) is 0 Å². The lowest BCUT2D eigenvalue weighted by molar-refractivity contribution is 0.0631.